The summed E-state index contributed by atoms with van der Waals surface area (Å²) in [5.41, 5.74) is 2.31. The standard InChI is InChI=1S/C19H22ClN3O3S/c1-19(2,3)17-15-16(11-7-5-6-8-12(11)20)27-10-13(24)23(9-14(25)26)18(15)22(4)21-17/h5-8,16H,9-10H2,1-4H3,(H,25,26). The number of carboxylic acid groups (broad SMARTS) is 1. The van der Waals surface area contributed by atoms with Crippen molar-refractivity contribution in [2.45, 2.75) is 31.4 Å². The molecule has 1 aliphatic heterocycles. The zero-order chi connectivity index (χ0) is 19.9. The number of hydrogen-bond donors (Lipinski definition) is 1. The van der Waals surface area contributed by atoms with Crippen LogP contribution in [0.15, 0.2) is 24.3 Å². The van der Waals surface area contributed by atoms with Gasteiger partial charge >= 0.3 is 5.97 Å². The number of carboxylic acids is 1. The lowest BCUT2D eigenvalue weighted by Gasteiger charge is -2.24. The third-order valence-electron chi connectivity index (χ3n) is 4.44. The SMILES string of the molecule is Cn1nc(C(C)(C)C)c2c1N(CC(=O)O)C(=O)CSC2c1ccccc1Cl. The molecule has 1 aromatic heterocycles. The van der Waals surface area contributed by atoms with Gasteiger partial charge < -0.3 is 5.11 Å². The molecule has 0 radical (unpaired) electrons. The lowest BCUT2D eigenvalue weighted by molar-refractivity contribution is -0.136. The first kappa shape index (κ1) is 19.8. The molecule has 6 nitrogen and oxygen atoms in total. The first-order chi connectivity index (χ1) is 12.6. The zero-order valence-corrected chi connectivity index (χ0v) is 17.3. The maximum Gasteiger partial charge on any atom is 0.323 e. The molecule has 0 saturated heterocycles. The highest BCUT2D eigenvalue weighted by Gasteiger charge is 2.39. The Morgan fingerprint density at radius 2 is 2.04 bits per heavy atom. The van der Waals surface area contributed by atoms with Crippen molar-refractivity contribution in [2.24, 2.45) is 7.05 Å². The topological polar surface area (TPSA) is 75.4 Å². The quantitative estimate of drug-likeness (QED) is 0.840. The summed E-state index contributed by atoms with van der Waals surface area (Å²) in [5, 5.41) is 14.4. The van der Waals surface area contributed by atoms with Crippen molar-refractivity contribution >= 4 is 41.1 Å². The predicted octanol–water partition coefficient (Wildman–Crippen LogP) is 3.62. The third-order valence-corrected chi connectivity index (χ3v) is 6.02. The second-order valence-corrected chi connectivity index (χ2v) is 9.05. The minimum atomic E-state index is -1.06. The van der Waals surface area contributed by atoms with E-state index < -0.39 is 12.5 Å². The van der Waals surface area contributed by atoms with Crippen molar-refractivity contribution in [1.82, 2.24) is 9.78 Å². The van der Waals surface area contributed by atoms with Crippen LogP contribution in [0.5, 0.6) is 0 Å². The number of thioether (sulfide) groups is 1. The molecule has 0 saturated carbocycles. The number of aliphatic carboxylic acids is 1. The van der Waals surface area contributed by atoms with E-state index in [9.17, 15) is 14.7 Å². The summed E-state index contributed by atoms with van der Waals surface area (Å²) in [6.07, 6.45) is 0. The molecular formula is C19H22ClN3O3S. The summed E-state index contributed by atoms with van der Waals surface area (Å²) in [5.74, 6) is -0.612. The Morgan fingerprint density at radius 1 is 1.37 bits per heavy atom. The van der Waals surface area contributed by atoms with Crippen LogP contribution in [0.25, 0.3) is 0 Å². The number of benzene rings is 1. The first-order valence-corrected chi connectivity index (χ1v) is 9.99. The maximum absolute atomic E-state index is 12.8. The lowest BCUT2D eigenvalue weighted by Crippen LogP contribution is -2.37. The average molecular weight is 408 g/mol. The van der Waals surface area contributed by atoms with Gasteiger partial charge in [-0.3, -0.25) is 19.2 Å². The molecule has 0 spiro atoms. The van der Waals surface area contributed by atoms with E-state index >= 15 is 0 Å². The normalized spacial score (nSPS) is 17.6. The average Bonchev–Trinajstić information content (AvgIpc) is 2.84. The Kier molecular flexibility index (Phi) is 5.27. The molecular weight excluding hydrogens is 386 g/mol. The van der Waals surface area contributed by atoms with E-state index in [0.29, 0.717) is 10.8 Å². The first-order valence-electron chi connectivity index (χ1n) is 8.56. The van der Waals surface area contributed by atoms with Gasteiger partial charge in [0, 0.05) is 23.0 Å². The Bertz CT molecular complexity index is 904. The number of anilines is 1. The largest absolute Gasteiger partial charge is 0.480 e. The number of hydrogen-bond acceptors (Lipinski definition) is 4. The number of halogens is 1. The van der Waals surface area contributed by atoms with Crippen molar-refractivity contribution in [3.63, 3.8) is 0 Å². The van der Waals surface area contributed by atoms with E-state index in [-0.39, 0.29) is 22.3 Å². The summed E-state index contributed by atoms with van der Waals surface area (Å²) in [6.45, 7) is 5.76. The molecule has 144 valence electrons. The van der Waals surface area contributed by atoms with Crippen LogP contribution in [0, 0.1) is 0 Å². The molecule has 1 atom stereocenters. The van der Waals surface area contributed by atoms with Crippen LogP contribution in [-0.2, 0) is 22.1 Å². The van der Waals surface area contributed by atoms with E-state index in [0.717, 1.165) is 16.8 Å². The van der Waals surface area contributed by atoms with Crippen LogP contribution in [0.3, 0.4) is 0 Å². The second kappa shape index (κ2) is 7.20. The van der Waals surface area contributed by atoms with Crippen molar-refractivity contribution in [3.05, 3.63) is 46.1 Å². The summed E-state index contributed by atoms with van der Waals surface area (Å²) < 4.78 is 1.62. The van der Waals surface area contributed by atoms with Gasteiger partial charge in [-0.25, -0.2) is 0 Å². The smallest absolute Gasteiger partial charge is 0.323 e. The van der Waals surface area contributed by atoms with E-state index in [1.165, 1.54) is 16.7 Å². The molecule has 2 aromatic rings. The molecule has 8 heteroatoms. The van der Waals surface area contributed by atoms with Crippen LogP contribution < -0.4 is 4.90 Å². The van der Waals surface area contributed by atoms with Gasteiger partial charge in [0.25, 0.3) is 0 Å². The minimum Gasteiger partial charge on any atom is -0.480 e. The van der Waals surface area contributed by atoms with Gasteiger partial charge in [-0.1, -0.05) is 50.6 Å². The Labute approximate surface area is 167 Å². The molecule has 0 bridgehead atoms. The number of aromatic nitrogens is 2. The molecule has 1 N–H and O–H groups in total. The van der Waals surface area contributed by atoms with Crippen molar-refractivity contribution < 1.29 is 14.7 Å². The highest BCUT2D eigenvalue weighted by molar-refractivity contribution is 8.00. The van der Waals surface area contributed by atoms with Gasteiger partial charge in [-0.2, -0.15) is 5.10 Å². The molecule has 1 aromatic carbocycles. The van der Waals surface area contributed by atoms with Crippen LogP contribution in [0.1, 0.15) is 42.8 Å². The lowest BCUT2D eigenvalue weighted by atomic mass is 9.87. The Balaban J connectivity index is 2.30. The summed E-state index contributed by atoms with van der Waals surface area (Å²) in [6, 6.07) is 7.55. The summed E-state index contributed by atoms with van der Waals surface area (Å²) >= 11 is 7.93. The number of rotatable bonds is 3. The van der Waals surface area contributed by atoms with Gasteiger partial charge in [0.1, 0.15) is 12.4 Å². The van der Waals surface area contributed by atoms with Crippen LogP contribution in [0.2, 0.25) is 5.02 Å². The van der Waals surface area contributed by atoms with Gasteiger partial charge in [0.05, 0.1) is 16.7 Å². The number of carbonyl (C=O) groups is 2. The van der Waals surface area contributed by atoms with Gasteiger partial charge in [-0.05, 0) is 11.6 Å². The minimum absolute atomic E-state index is 0.168. The van der Waals surface area contributed by atoms with Crippen LogP contribution >= 0.6 is 23.4 Å². The molecule has 27 heavy (non-hydrogen) atoms. The number of amides is 1. The fraction of sp³-hybridized carbons (Fsp3) is 0.421. The van der Waals surface area contributed by atoms with Crippen molar-refractivity contribution in [2.75, 3.05) is 17.2 Å². The molecule has 1 unspecified atom stereocenters. The van der Waals surface area contributed by atoms with E-state index in [4.69, 9.17) is 11.6 Å². The van der Waals surface area contributed by atoms with E-state index in [1.807, 2.05) is 24.3 Å². The summed E-state index contributed by atoms with van der Waals surface area (Å²) in [4.78, 5) is 25.5. The highest BCUT2D eigenvalue weighted by Crippen LogP contribution is 2.48. The number of nitrogens with zero attached hydrogens (tertiary/aromatic N) is 3. The fourth-order valence-corrected chi connectivity index (χ4v) is 4.86. The van der Waals surface area contributed by atoms with Crippen molar-refractivity contribution in [1.29, 1.82) is 0 Å². The third kappa shape index (κ3) is 3.71. The molecule has 0 aliphatic carbocycles. The maximum atomic E-state index is 12.8. The van der Waals surface area contributed by atoms with E-state index in [2.05, 4.69) is 25.9 Å². The molecule has 1 aliphatic rings. The molecule has 1 amide bonds. The summed E-state index contributed by atoms with van der Waals surface area (Å²) in [7, 11) is 1.75. The second-order valence-electron chi connectivity index (χ2n) is 7.55. The highest BCUT2D eigenvalue weighted by atomic mass is 35.5. The molecule has 3 rings (SSSR count). The monoisotopic (exact) mass is 407 g/mol. The van der Waals surface area contributed by atoms with Crippen LogP contribution in [-0.4, -0.2) is 39.1 Å². The number of fused-ring (bicyclic) bond motifs is 1. The van der Waals surface area contributed by atoms with Crippen LogP contribution in [0.4, 0.5) is 5.82 Å². The predicted molar refractivity (Wildman–Crippen MR) is 108 cm³/mol. The van der Waals surface area contributed by atoms with Gasteiger partial charge in [0.15, 0.2) is 0 Å². The number of aryl methyl sites for hydroxylation is 1. The molecule has 0 fully saturated rings. The van der Waals surface area contributed by atoms with Gasteiger partial charge in [0.2, 0.25) is 5.91 Å². The number of carbonyl (C=O) groups excluding carboxylic acids is 1. The Hall–Kier alpha value is -1.99. The fourth-order valence-electron chi connectivity index (χ4n) is 3.31. The van der Waals surface area contributed by atoms with E-state index in [1.54, 1.807) is 11.7 Å². The van der Waals surface area contributed by atoms with Crippen molar-refractivity contribution in [3.8, 4) is 0 Å². The van der Waals surface area contributed by atoms with Gasteiger partial charge in [-0.15, -0.1) is 11.8 Å². The zero-order valence-electron chi connectivity index (χ0n) is 15.7. The Morgan fingerprint density at radius 3 is 2.63 bits per heavy atom. The molecule has 2 heterocycles.